The van der Waals surface area contributed by atoms with Crippen molar-refractivity contribution >= 4 is 16.9 Å². The molecule has 0 saturated heterocycles. The zero-order chi connectivity index (χ0) is 17.4. The Morgan fingerprint density at radius 2 is 2.16 bits per heavy atom. The number of rotatable bonds is 3. The van der Waals surface area contributed by atoms with Crippen LogP contribution in [0.3, 0.4) is 0 Å². The van der Waals surface area contributed by atoms with Gasteiger partial charge in [-0.25, -0.2) is 4.68 Å². The maximum absolute atomic E-state index is 12.5. The molecule has 2 aromatic carbocycles. The summed E-state index contributed by atoms with van der Waals surface area (Å²) in [5, 5.41) is 21.9. The Labute approximate surface area is 145 Å². The molecule has 1 amide bonds. The molecule has 4 rings (SSSR count). The maximum atomic E-state index is 12.5. The number of hydrogen-bond acceptors (Lipinski definition) is 4. The summed E-state index contributed by atoms with van der Waals surface area (Å²) in [6, 6.07) is 13.2. The number of carbonyl (C=O) groups is 1. The van der Waals surface area contributed by atoms with Gasteiger partial charge in [-0.3, -0.25) is 4.79 Å². The first kappa shape index (κ1) is 15.8. The molecule has 128 valence electrons. The van der Waals surface area contributed by atoms with Crippen LogP contribution in [0.25, 0.3) is 11.0 Å². The summed E-state index contributed by atoms with van der Waals surface area (Å²) in [6.07, 6.45) is 2.53. The van der Waals surface area contributed by atoms with Gasteiger partial charge >= 0.3 is 0 Å². The van der Waals surface area contributed by atoms with Crippen LogP contribution in [0.15, 0.2) is 42.5 Å². The van der Waals surface area contributed by atoms with Crippen LogP contribution in [0.5, 0.6) is 0 Å². The second-order valence-corrected chi connectivity index (χ2v) is 6.64. The normalized spacial score (nSPS) is 19.6. The van der Waals surface area contributed by atoms with Crippen molar-refractivity contribution in [1.82, 2.24) is 20.3 Å². The number of benzene rings is 2. The Morgan fingerprint density at radius 1 is 1.32 bits per heavy atom. The number of amides is 1. The number of nitrogens with zero attached hydrogens (tertiary/aromatic N) is 3. The van der Waals surface area contributed by atoms with E-state index in [1.807, 2.05) is 37.4 Å². The maximum Gasteiger partial charge on any atom is 0.251 e. The van der Waals surface area contributed by atoms with Crippen LogP contribution in [-0.2, 0) is 19.1 Å². The van der Waals surface area contributed by atoms with Crippen molar-refractivity contribution in [2.75, 3.05) is 6.54 Å². The highest BCUT2D eigenvalue weighted by molar-refractivity contribution is 5.97. The van der Waals surface area contributed by atoms with Gasteiger partial charge in [-0.15, -0.1) is 5.10 Å². The van der Waals surface area contributed by atoms with Gasteiger partial charge in [0, 0.05) is 12.6 Å². The molecule has 1 atom stereocenters. The van der Waals surface area contributed by atoms with E-state index in [0.717, 1.165) is 29.5 Å². The van der Waals surface area contributed by atoms with E-state index in [2.05, 4.69) is 15.6 Å². The van der Waals surface area contributed by atoms with Gasteiger partial charge in [-0.05, 0) is 48.6 Å². The van der Waals surface area contributed by atoms with E-state index in [1.165, 1.54) is 0 Å². The van der Waals surface area contributed by atoms with E-state index >= 15 is 0 Å². The monoisotopic (exact) mass is 336 g/mol. The molecular formula is C19H20N4O2. The molecule has 0 bridgehead atoms. The van der Waals surface area contributed by atoms with E-state index in [4.69, 9.17) is 0 Å². The van der Waals surface area contributed by atoms with Crippen molar-refractivity contribution in [3.8, 4) is 0 Å². The lowest BCUT2D eigenvalue weighted by molar-refractivity contribution is 0.0189. The van der Waals surface area contributed by atoms with Crippen LogP contribution in [0.4, 0.5) is 0 Å². The molecule has 3 aromatic rings. The van der Waals surface area contributed by atoms with Gasteiger partial charge in [0.2, 0.25) is 0 Å². The molecule has 6 nitrogen and oxygen atoms in total. The average molecular weight is 336 g/mol. The highest BCUT2D eigenvalue weighted by atomic mass is 16.3. The van der Waals surface area contributed by atoms with Crippen molar-refractivity contribution in [1.29, 1.82) is 0 Å². The predicted octanol–water partition coefficient (Wildman–Crippen LogP) is 1.92. The molecule has 0 radical (unpaired) electrons. The molecule has 0 unspecified atom stereocenters. The molecule has 1 aliphatic rings. The predicted molar refractivity (Wildman–Crippen MR) is 94.1 cm³/mol. The zero-order valence-corrected chi connectivity index (χ0v) is 14.1. The fourth-order valence-corrected chi connectivity index (χ4v) is 3.59. The van der Waals surface area contributed by atoms with Crippen molar-refractivity contribution < 1.29 is 9.90 Å². The smallest absolute Gasteiger partial charge is 0.251 e. The topological polar surface area (TPSA) is 80.0 Å². The molecular weight excluding hydrogens is 316 g/mol. The molecule has 0 aliphatic heterocycles. The lowest BCUT2D eigenvalue weighted by Crippen LogP contribution is -2.43. The molecule has 1 aliphatic carbocycles. The Kier molecular flexibility index (Phi) is 3.77. The summed E-state index contributed by atoms with van der Waals surface area (Å²) in [5.41, 5.74) is 3.13. The molecule has 1 aromatic heterocycles. The quantitative estimate of drug-likeness (QED) is 0.766. The summed E-state index contributed by atoms with van der Waals surface area (Å²) >= 11 is 0. The summed E-state index contributed by atoms with van der Waals surface area (Å²) in [4.78, 5) is 12.5. The largest absolute Gasteiger partial charge is 0.383 e. The Balaban J connectivity index is 1.53. The average Bonchev–Trinajstić information content (AvgIpc) is 3.01. The Morgan fingerprint density at radius 3 is 3.04 bits per heavy atom. The van der Waals surface area contributed by atoms with Gasteiger partial charge in [0.05, 0.1) is 12.1 Å². The molecule has 0 saturated carbocycles. The third-order valence-electron chi connectivity index (χ3n) is 4.97. The minimum absolute atomic E-state index is 0.196. The van der Waals surface area contributed by atoms with E-state index < -0.39 is 5.60 Å². The number of carbonyl (C=O) groups excluding carboxylic acids is 1. The van der Waals surface area contributed by atoms with Crippen LogP contribution in [0.1, 0.15) is 34.3 Å². The Hall–Kier alpha value is -2.73. The van der Waals surface area contributed by atoms with Crippen LogP contribution in [0.2, 0.25) is 0 Å². The number of nitrogens with one attached hydrogen (secondary N) is 1. The van der Waals surface area contributed by atoms with Gasteiger partial charge in [-0.1, -0.05) is 29.5 Å². The van der Waals surface area contributed by atoms with Crippen LogP contribution in [0, 0.1) is 0 Å². The van der Waals surface area contributed by atoms with Gasteiger partial charge in [-0.2, -0.15) is 0 Å². The molecule has 0 fully saturated rings. The first-order valence-corrected chi connectivity index (χ1v) is 8.45. The van der Waals surface area contributed by atoms with E-state index in [-0.39, 0.29) is 12.5 Å². The van der Waals surface area contributed by atoms with Crippen LogP contribution < -0.4 is 5.32 Å². The van der Waals surface area contributed by atoms with Crippen molar-refractivity contribution in [3.63, 3.8) is 0 Å². The molecule has 0 spiro atoms. The zero-order valence-electron chi connectivity index (χ0n) is 14.1. The minimum atomic E-state index is -1.01. The van der Waals surface area contributed by atoms with Crippen LogP contribution >= 0.6 is 0 Å². The number of hydrogen-bond donors (Lipinski definition) is 2. The second kappa shape index (κ2) is 5.97. The summed E-state index contributed by atoms with van der Waals surface area (Å²) < 4.78 is 1.67. The third-order valence-corrected chi connectivity index (χ3v) is 4.97. The standard InChI is InChI=1S/C19H20N4O2/c1-23-17-9-8-14(11-16(17)21-22-23)18(24)20-12-19(25)10-4-6-13-5-2-3-7-15(13)19/h2-3,5,7-9,11,25H,4,6,10,12H2,1H3,(H,20,24)/t19-/m1/s1. The first-order valence-electron chi connectivity index (χ1n) is 8.45. The second-order valence-electron chi connectivity index (χ2n) is 6.64. The lowest BCUT2D eigenvalue weighted by atomic mass is 9.79. The minimum Gasteiger partial charge on any atom is -0.383 e. The lowest BCUT2D eigenvalue weighted by Gasteiger charge is -2.34. The number of aryl methyl sites for hydroxylation is 2. The van der Waals surface area contributed by atoms with Gasteiger partial charge in [0.25, 0.3) is 5.91 Å². The van der Waals surface area contributed by atoms with Crippen LogP contribution in [-0.4, -0.2) is 32.6 Å². The molecule has 25 heavy (non-hydrogen) atoms. The van der Waals surface area contributed by atoms with Crippen molar-refractivity contribution in [2.45, 2.75) is 24.9 Å². The number of aromatic nitrogens is 3. The molecule has 2 N–H and O–H groups in total. The summed E-state index contributed by atoms with van der Waals surface area (Å²) in [5.74, 6) is -0.218. The first-order chi connectivity index (χ1) is 12.1. The van der Waals surface area contributed by atoms with E-state index in [1.54, 1.807) is 16.8 Å². The molecule has 1 heterocycles. The SMILES string of the molecule is Cn1nnc2cc(C(=O)NC[C@]3(O)CCCc4ccccc43)ccc21. The molecule has 6 heteroatoms. The van der Waals surface area contributed by atoms with E-state index in [9.17, 15) is 9.90 Å². The highest BCUT2D eigenvalue weighted by Crippen LogP contribution is 2.34. The van der Waals surface area contributed by atoms with Crippen molar-refractivity contribution in [3.05, 3.63) is 59.2 Å². The third kappa shape index (κ3) is 2.78. The summed E-state index contributed by atoms with van der Waals surface area (Å²) in [7, 11) is 1.81. The fraction of sp³-hybridized carbons (Fsp3) is 0.316. The highest BCUT2D eigenvalue weighted by Gasteiger charge is 2.34. The van der Waals surface area contributed by atoms with Crippen molar-refractivity contribution in [2.24, 2.45) is 7.05 Å². The number of fused-ring (bicyclic) bond motifs is 2. The van der Waals surface area contributed by atoms with Gasteiger partial charge < -0.3 is 10.4 Å². The number of aliphatic hydroxyl groups is 1. The van der Waals surface area contributed by atoms with E-state index in [0.29, 0.717) is 17.5 Å². The fourth-order valence-electron chi connectivity index (χ4n) is 3.59. The summed E-state index contributed by atoms with van der Waals surface area (Å²) in [6.45, 7) is 0.196. The van der Waals surface area contributed by atoms with Gasteiger partial charge in [0.15, 0.2) is 0 Å². The van der Waals surface area contributed by atoms with Gasteiger partial charge in [0.1, 0.15) is 11.1 Å². The Bertz CT molecular complexity index is 950.